The predicted molar refractivity (Wildman–Crippen MR) is 65.5 cm³/mol. The summed E-state index contributed by atoms with van der Waals surface area (Å²) >= 11 is 0. The van der Waals surface area contributed by atoms with Crippen molar-refractivity contribution in [2.75, 3.05) is 11.9 Å². The van der Waals surface area contributed by atoms with Crippen molar-refractivity contribution in [1.82, 2.24) is 0 Å². The zero-order valence-corrected chi connectivity index (χ0v) is 10.5. The summed E-state index contributed by atoms with van der Waals surface area (Å²) in [6.07, 6.45) is 0. The van der Waals surface area contributed by atoms with Gasteiger partial charge >= 0.3 is 0 Å². The predicted octanol–water partition coefficient (Wildman–Crippen LogP) is 3.58. The van der Waals surface area contributed by atoms with Crippen LogP contribution in [0.3, 0.4) is 0 Å². The molecule has 0 heterocycles. The summed E-state index contributed by atoms with van der Waals surface area (Å²) in [5.41, 5.74) is -0.836. The van der Waals surface area contributed by atoms with Gasteiger partial charge in [-0.3, -0.25) is 10.1 Å². The van der Waals surface area contributed by atoms with Crippen molar-refractivity contribution in [1.29, 1.82) is 0 Å². The highest BCUT2D eigenvalue weighted by atomic mass is 19.2. The summed E-state index contributed by atoms with van der Waals surface area (Å²) in [6, 6.07) is 1.71. The molecular formula is C12H16F2N2O2. The SMILES string of the molecule is CC(C)C(C)CNc1c([N+](=O)[O-])ccc(F)c1F. The number of nitro groups is 1. The molecule has 1 aromatic carbocycles. The molecule has 0 saturated heterocycles. The van der Waals surface area contributed by atoms with E-state index in [9.17, 15) is 18.9 Å². The van der Waals surface area contributed by atoms with Gasteiger partial charge in [0, 0.05) is 12.6 Å². The number of hydrogen-bond acceptors (Lipinski definition) is 3. The first-order valence-corrected chi connectivity index (χ1v) is 5.70. The Bertz CT molecular complexity index is 450. The zero-order valence-electron chi connectivity index (χ0n) is 10.5. The molecule has 1 N–H and O–H groups in total. The van der Waals surface area contributed by atoms with E-state index in [2.05, 4.69) is 5.32 Å². The van der Waals surface area contributed by atoms with E-state index in [1.165, 1.54) is 0 Å². The van der Waals surface area contributed by atoms with Gasteiger partial charge in [-0.15, -0.1) is 0 Å². The molecule has 1 unspecified atom stereocenters. The van der Waals surface area contributed by atoms with Crippen LogP contribution in [0.5, 0.6) is 0 Å². The van der Waals surface area contributed by atoms with E-state index in [0.29, 0.717) is 12.5 Å². The first-order chi connectivity index (χ1) is 8.34. The molecule has 1 rings (SSSR count). The van der Waals surface area contributed by atoms with Crippen molar-refractivity contribution < 1.29 is 13.7 Å². The number of nitrogens with one attached hydrogen (secondary N) is 1. The lowest BCUT2D eigenvalue weighted by molar-refractivity contribution is -0.384. The Morgan fingerprint density at radius 3 is 2.44 bits per heavy atom. The highest BCUT2D eigenvalue weighted by Gasteiger charge is 2.22. The van der Waals surface area contributed by atoms with Gasteiger partial charge in [0.05, 0.1) is 4.92 Å². The second kappa shape index (κ2) is 5.75. The quantitative estimate of drug-likeness (QED) is 0.648. The maximum atomic E-state index is 13.5. The van der Waals surface area contributed by atoms with E-state index in [1.54, 1.807) is 0 Å². The first-order valence-electron chi connectivity index (χ1n) is 5.70. The van der Waals surface area contributed by atoms with Crippen LogP contribution in [0.25, 0.3) is 0 Å². The van der Waals surface area contributed by atoms with E-state index in [-0.39, 0.29) is 11.6 Å². The van der Waals surface area contributed by atoms with Gasteiger partial charge in [0.1, 0.15) is 0 Å². The number of benzene rings is 1. The van der Waals surface area contributed by atoms with E-state index in [1.807, 2.05) is 20.8 Å². The van der Waals surface area contributed by atoms with Crippen molar-refractivity contribution in [2.45, 2.75) is 20.8 Å². The van der Waals surface area contributed by atoms with Crippen LogP contribution in [0.15, 0.2) is 12.1 Å². The molecule has 6 heteroatoms. The number of anilines is 1. The van der Waals surface area contributed by atoms with Crippen molar-refractivity contribution in [2.24, 2.45) is 11.8 Å². The van der Waals surface area contributed by atoms with E-state index >= 15 is 0 Å². The topological polar surface area (TPSA) is 55.2 Å². The Hall–Kier alpha value is -1.72. The average molecular weight is 258 g/mol. The van der Waals surface area contributed by atoms with E-state index in [4.69, 9.17) is 0 Å². The molecule has 0 fully saturated rings. The van der Waals surface area contributed by atoms with Crippen LogP contribution in [0.4, 0.5) is 20.2 Å². The van der Waals surface area contributed by atoms with E-state index < -0.39 is 22.2 Å². The largest absolute Gasteiger partial charge is 0.377 e. The van der Waals surface area contributed by atoms with Crippen molar-refractivity contribution in [3.63, 3.8) is 0 Å². The lowest BCUT2D eigenvalue weighted by atomic mass is 9.98. The maximum Gasteiger partial charge on any atom is 0.295 e. The minimum atomic E-state index is -1.21. The van der Waals surface area contributed by atoms with Gasteiger partial charge in [0.15, 0.2) is 17.3 Å². The van der Waals surface area contributed by atoms with Crippen LogP contribution >= 0.6 is 0 Å². The Morgan fingerprint density at radius 2 is 1.94 bits per heavy atom. The van der Waals surface area contributed by atoms with Gasteiger partial charge in [0.2, 0.25) is 0 Å². The Kier molecular flexibility index (Phi) is 4.58. The van der Waals surface area contributed by atoms with Crippen molar-refractivity contribution >= 4 is 11.4 Å². The summed E-state index contributed by atoms with van der Waals surface area (Å²) < 4.78 is 26.6. The molecule has 1 atom stereocenters. The van der Waals surface area contributed by atoms with Gasteiger partial charge in [-0.05, 0) is 17.9 Å². The molecule has 0 amide bonds. The summed E-state index contributed by atoms with van der Waals surface area (Å²) in [4.78, 5) is 10.0. The van der Waals surface area contributed by atoms with Crippen molar-refractivity contribution in [3.05, 3.63) is 33.9 Å². The van der Waals surface area contributed by atoms with Crippen LogP contribution in [0.1, 0.15) is 20.8 Å². The molecule has 0 aromatic heterocycles. The molecule has 0 spiro atoms. The summed E-state index contributed by atoms with van der Waals surface area (Å²) in [5.74, 6) is -1.78. The molecule has 0 aliphatic rings. The summed E-state index contributed by atoms with van der Waals surface area (Å²) in [5, 5.41) is 13.4. The second-order valence-electron chi connectivity index (χ2n) is 4.61. The monoisotopic (exact) mass is 258 g/mol. The van der Waals surface area contributed by atoms with Crippen molar-refractivity contribution in [3.8, 4) is 0 Å². The van der Waals surface area contributed by atoms with Gasteiger partial charge < -0.3 is 5.32 Å². The lowest BCUT2D eigenvalue weighted by Crippen LogP contribution is -2.18. The highest BCUT2D eigenvalue weighted by Crippen LogP contribution is 2.29. The molecule has 0 aliphatic carbocycles. The normalized spacial score (nSPS) is 12.6. The van der Waals surface area contributed by atoms with Gasteiger partial charge in [-0.2, -0.15) is 0 Å². The molecule has 100 valence electrons. The molecule has 4 nitrogen and oxygen atoms in total. The Labute approximate surface area is 104 Å². The lowest BCUT2D eigenvalue weighted by Gasteiger charge is -2.17. The molecular weight excluding hydrogens is 242 g/mol. The Balaban J connectivity index is 2.99. The third kappa shape index (κ3) is 3.15. The van der Waals surface area contributed by atoms with Crippen LogP contribution in [0.2, 0.25) is 0 Å². The minimum Gasteiger partial charge on any atom is -0.377 e. The number of nitrogens with zero attached hydrogens (tertiary/aromatic N) is 1. The first kappa shape index (κ1) is 14.3. The zero-order chi connectivity index (χ0) is 13.9. The molecule has 0 aliphatic heterocycles. The number of hydrogen-bond donors (Lipinski definition) is 1. The second-order valence-corrected chi connectivity index (χ2v) is 4.61. The third-order valence-corrected chi connectivity index (χ3v) is 3.01. The van der Waals surface area contributed by atoms with Gasteiger partial charge in [-0.25, -0.2) is 8.78 Å². The fourth-order valence-electron chi connectivity index (χ4n) is 1.36. The summed E-state index contributed by atoms with van der Waals surface area (Å²) in [6.45, 7) is 6.25. The van der Waals surface area contributed by atoms with Gasteiger partial charge in [0.25, 0.3) is 5.69 Å². The minimum absolute atomic E-state index is 0.187. The van der Waals surface area contributed by atoms with Crippen LogP contribution in [-0.4, -0.2) is 11.5 Å². The van der Waals surface area contributed by atoms with Crippen LogP contribution in [0, 0.1) is 33.6 Å². The maximum absolute atomic E-state index is 13.5. The summed E-state index contributed by atoms with van der Waals surface area (Å²) in [7, 11) is 0. The smallest absolute Gasteiger partial charge is 0.295 e. The number of rotatable bonds is 5. The van der Waals surface area contributed by atoms with Gasteiger partial charge in [-0.1, -0.05) is 20.8 Å². The van der Waals surface area contributed by atoms with Crippen LogP contribution < -0.4 is 5.32 Å². The average Bonchev–Trinajstić information content (AvgIpc) is 2.29. The fraction of sp³-hybridized carbons (Fsp3) is 0.500. The fourth-order valence-corrected chi connectivity index (χ4v) is 1.36. The highest BCUT2D eigenvalue weighted by molar-refractivity contribution is 5.62. The molecule has 0 bridgehead atoms. The molecule has 18 heavy (non-hydrogen) atoms. The molecule has 0 radical (unpaired) electrons. The standard InChI is InChI=1S/C12H16F2N2O2/c1-7(2)8(3)6-15-12-10(16(17)18)5-4-9(13)11(12)14/h4-5,7-8,15H,6H2,1-3H3. The molecule has 1 aromatic rings. The number of halogens is 2. The molecule has 0 saturated carbocycles. The third-order valence-electron chi connectivity index (χ3n) is 3.01. The van der Waals surface area contributed by atoms with E-state index in [0.717, 1.165) is 12.1 Å². The Morgan fingerprint density at radius 1 is 1.33 bits per heavy atom. The van der Waals surface area contributed by atoms with Crippen LogP contribution in [-0.2, 0) is 0 Å². The number of nitro benzene ring substituents is 1.